The van der Waals surface area contributed by atoms with Crippen LogP contribution < -0.4 is 0 Å². The number of thiophene rings is 2. The van der Waals surface area contributed by atoms with E-state index in [-0.39, 0.29) is 10.2 Å². The highest BCUT2D eigenvalue weighted by atomic mass is 32.2. The predicted molar refractivity (Wildman–Crippen MR) is 103 cm³/mol. The van der Waals surface area contributed by atoms with E-state index in [9.17, 15) is 9.59 Å². The number of thioether (sulfide) groups is 2. The maximum atomic E-state index is 11.2. The van der Waals surface area contributed by atoms with E-state index in [0.29, 0.717) is 0 Å². The van der Waals surface area contributed by atoms with Gasteiger partial charge in [-0.05, 0) is 46.5 Å². The lowest BCUT2D eigenvalue weighted by Crippen LogP contribution is -1.83. The molecule has 23 heavy (non-hydrogen) atoms. The molecular weight excluding hydrogens is 364 g/mol. The van der Waals surface area contributed by atoms with Crippen molar-refractivity contribution in [3.8, 4) is 9.75 Å². The van der Waals surface area contributed by atoms with Gasteiger partial charge in [-0.25, -0.2) is 0 Å². The third-order valence-corrected chi connectivity index (χ3v) is 7.29. The van der Waals surface area contributed by atoms with Gasteiger partial charge in [0, 0.05) is 34.9 Å². The highest BCUT2D eigenvalue weighted by Crippen LogP contribution is 2.42. The molecule has 2 aromatic heterocycles. The van der Waals surface area contributed by atoms with Crippen LogP contribution >= 0.6 is 46.2 Å². The fourth-order valence-electron chi connectivity index (χ4n) is 2.22. The number of hydrogen-bond donors (Lipinski definition) is 0. The van der Waals surface area contributed by atoms with Crippen molar-refractivity contribution in [3.05, 3.63) is 46.2 Å². The van der Waals surface area contributed by atoms with Crippen molar-refractivity contribution in [1.82, 2.24) is 0 Å². The topological polar surface area (TPSA) is 34.1 Å². The van der Waals surface area contributed by atoms with Crippen LogP contribution in [0.25, 0.3) is 15.3 Å². The Morgan fingerprint density at radius 3 is 2.26 bits per heavy atom. The lowest BCUT2D eigenvalue weighted by atomic mass is 10.2. The molecule has 2 heterocycles. The number of allylic oxidation sites excluding steroid dienone is 4. The zero-order chi connectivity index (χ0) is 16.4. The van der Waals surface area contributed by atoms with Crippen LogP contribution in [0.2, 0.25) is 0 Å². The minimum absolute atomic E-state index is 0.114. The molecule has 0 radical (unpaired) electrons. The minimum atomic E-state index is 0.114. The van der Waals surface area contributed by atoms with Crippen molar-refractivity contribution >= 4 is 62.0 Å². The molecule has 0 amide bonds. The van der Waals surface area contributed by atoms with Gasteiger partial charge in [-0.3, -0.25) is 9.59 Å². The molecule has 3 rings (SSSR count). The van der Waals surface area contributed by atoms with Crippen molar-refractivity contribution in [2.24, 2.45) is 0 Å². The van der Waals surface area contributed by atoms with Gasteiger partial charge in [0.05, 0.1) is 4.21 Å². The maximum absolute atomic E-state index is 11.2. The van der Waals surface area contributed by atoms with E-state index >= 15 is 0 Å². The first kappa shape index (κ1) is 16.8. The lowest BCUT2D eigenvalue weighted by Gasteiger charge is -2.00. The molecular formula is C17H14O2S4. The zero-order valence-corrected chi connectivity index (χ0v) is 15.9. The molecule has 1 aliphatic carbocycles. The van der Waals surface area contributed by atoms with Gasteiger partial charge in [0.1, 0.15) is 0 Å². The Labute approximate surface area is 151 Å². The van der Waals surface area contributed by atoms with Crippen LogP contribution in [0.5, 0.6) is 0 Å². The molecule has 2 aromatic rings. The van der Waals surface area contributed by atoms with Crippen molar-refractivity contribution in [2.75, 3.05) is 0 Å². The molecule has 0 N–H and O–H groups in total. The number of rotatable bonds is 4. The summed E-state index contributed by atoms with van der Waals surface area (Å²) in [5.74, 6) is 0. The largest absolute Gasteiger partial charge is 0.287 e. The van der Waals surface area contributed by atoms with E-state index in [1.807, 2.05) is 12.1 Å². The Bertz CT molecular complexity index is 823. The lowest BCUT2D eigenvalue weighted by molar-refractivity contribution is -0.109. The van der Waals surface area contributed by atoms with Crippen molar-refractivity contribution in [2.45, 2.75) is 24.5 Å². The molecule has 6 heteroatoms. The normalized spacial score (nSPS) is 13.8. The summed E-state index contributed by atoms with van der Waals surface area (Å²) in [6.07, 6.45) is 4.97. The van der Waals surface area contributed by atoms with Crippen molar-refractivity contribution in [3.63, 3.8) is 0 Å². The minimum Gasteiger partial charge on any atom is -0.287 e. The monoisotopic (exact) mass is 378 g/mol. The number of carbonyl (C=O) groups is 2. The van der Waals surface area contributed by atoms with Crippen LogP contribution in [0.4, 0.5) is 0 Å². The maximum Gasteiger partial charge on any atom is 0.191 e. The third-order valence-electron chi connectivity index (χ3n) is 3.10. The van der Waals surface area contributed by atoms with E-state index in [0.717, 1.165) is 15.5 Å². The zero-order valence-electron chi connectivity index (χ0n) is 12.6. The molecule has 0 unspecified atom stereocenters. The van der Waals surface area contributed by atoms with Gasteiger partial charge < -0.3 is 0 Å². The Balaban J connectivity index is 1.71. The molecule has 0 fully saturated rings. The van der Waals surface area contributed by atoms with E-state index in [1.54, 1.807) is 36.5 Å². The summed E-state index contributed by atoms with van der Waals surface area (Å²) in [6.45, 7) is 3.18. The third kappa shape index (κ3) is 4.26. The summed E-state index contributed by atoms with van der Waals surface area (Å²) in [7, 11) is 0. The van der Waals surface area contributed by atoms with Gasteiger partial charge in [0.2, 0.25) is 0 Å². The molecule has 0 atom stereocenters. The highest BCUT2D eigenvalue weighted by Gasteiger charge is 2.15. The van der Waals surface area contributed by atoms with Crippen molar-refractivity contribution < 1.29 is 9.59 Å². The fraction of sp³-hybridized carbons (Fsp3) is 0.176. The molecule has 118 valence electrons. The Morgan fingerprint density at radius 1 is 0.870 bits per heavy atom. The second-order valence-corrected chi connectivity index (χ2v) is 9.92. The second-order valence-electron chi connectivity index (χ2n) is 4.97. The van der Waals surface area contributed by atoms with Crippen LogP contribution in [-0.4, -0.2) is 10.2 Å². The van der Waals surface area contributed by atoms with Gasteiger partial charge in [-0.1, -0.05) is 23.9 Å². The van der Waals surface area contributed by atoms with Gasteiger partial charge >= 0.3 is 0 Å². The standard InChI is InChI=1S/C17H14O2S4/c1-10(18)20-13-4-3-12(9-13)14-5-6-15(22-14)16-7-8-17(23-16)21-11(2)19/h3-8H,9H2,1-2H3. The summed E-state index contributed by atoms with van der Waals surface area (Å²) in [5.41, 5.74) is 1.26. The first-order chi connectivity index (χ1) is 11.0. The average molecular weight is 379 g/mol. The van der Waals surface area contributed by atoms with E-state index < -0.39 is 0 Å². The Kier molecular flexibility index (Phi) is 5.26. The van der Waals surface area contributed by atoms with Crippen molar-refractivity contribution in [1.29, 1.82) is 0 Å². The van der Waals surface area contributed by atoms with E-state index in [2.05, 4.69) is 24.3 Å². The van der Waals surface area contributed by atoms with Crippen LogP contribution in [0.1, 0.15) is 25.1 Å². The van der Waals surface area contributed by atoms with Crippen LogP contribution in [0, 0.1) is 0 Å². The molecule has 0 aromatic carbocycles. The molecule has 0 bridgehead atoms. The predicted octanol–water partition coefficient (Wildman–Crippen LogP) is 6.07. The molecule has 0 saturated heterocycles. The van der Waals surface area contributed by atoms with E-state index in [4.69, 9.17) is 0 Å². The molecule has 2 nitrogen and oxygen atoms in total. The van der Waals surface area contributed by atoms with Gasteiger partial charge in [0.25, 0.3) is 0 Å². The van der Waals surface area contributed by atoms with Crippen LogP contribution in [0.15, 0.2) is 45.5 Å². The molecule has 0 spiro atoms. The van der Waals surface area contributed by atoms with E-state index in [1.165, 1.54) is 43.7 Å². The highest BCUT2D eigenvalue weighted by molar-refractivity contribution is 8.16. The first-order valence-corrected chi connectivity index (χ1v) is 10.2. The summed E-state index contributed by atoms with van der Waals surface area (Å²) in [4.78, 5) is 27.1. The first-order valence-electron chi connectivity index (χ1n) is 6.98. The SMILES string of the molecule is CC(=O)SC1=CC=C(c2ccc(-c3ccc(SC(C)=O)s3)s2)C1. The summed E-state index contributed by atoms with van der Waals surface area (Å²) >= 11 is 6.00. The smallest absolute Gasteiger partial charge is 0.191 e. The molecule has 0 saturated carbocycles. The second kappa shape index (κ2) is 7.21. The Morgan fingerprint density at radius 2 is 1.52 bits per heavy atom. The van der Waals surface area contributed by atoms with Gasteiger partial charge in [-0.2, -0.15) is 0 Å². The number of hydrogen-bond acceptors (Lipinski definition) is 6. The van der Waals surface area contributed by atoms with Crippen LogP contribution in [-0.2, 0) is 9.59 Å². The number of carbonyl (C=O) groups excluding carboxylic acids is 2. The average Bonchev–Trinajstić information content (AvgIpc) is 3.15. The summed E-state index contributed by atoms with van der Waals surface area (Å²) in [5, 5.41) is 0.245. The quantitative estimate of drug-likeness (QED) is 0.605. The molecule has 1 aliphatic rings. The van der Waals surface area contributed by atoms with Gasteiger partial charge in [0.15, 0.2) is 10.2 Å². The fourth-order valence-corrected chi connectivity index (χ4v) is 6.01. The Hall–Kier alpha value is -1.08. The summed E-state index contributed by atoms with van der Waals surface area (Å²) in [6, 6.07) is 8.34. The molecule has 0 aliphatic heterocycles. The van der Waals surface area contributed by atoms with Crippen LogP contribution in [0.3, 0.4) is 0 Å². The summed E-state index contributed by atoms with van der Waals surface area (Å²) < 4.78 is 1.03. The van der Waals surface area contributed by atoms with Gasteiger partial charge in [-0.15, -0.1) is 22.7 Å².